The first kappa shape index (κ1) is 16.4. The molecular formula is C19H22FNO4. The van der Waals surface area contributed by atoms with Crippen LogP contribution in [0.5, 0.6) is 5.75 Å². The van der Waals surface area contributed by atoms with Crippen molar-refractivity contribution in [3.63, 3.8) is 0 Å². The standard InChI is InChI=1S/C19H22FNO4/c20-13-2-4-14(5-3-13)25-19(17(23)24)8-10-21(11-9-19)16(22)15-12-18(15)6-1-7-18/h2-5,15H,1,6-12H2,(H,23,24)/t15-/m0/s1. The summed E-state index contributed by atoms with van der Waals surface area (Å²) in [7, 11) is 0. The number of carboxylic acids is 1. The summed E-state index contributed by atoms with van der Waals surface area (Å²) in [5.74, 6) is -0.770. The van der Waals surface area contributed by atoms with Crippen LogP contribution in [0.25, 0.3) is 0 Å². The number of amides is 1. The number of aliphatic carboxylic acids is 1. The molecule has 134 valence electrons. The van der Waals surface area contributed by atoms with Gasteiger partial charge in [0.15, 0.2) is 0 Å². The molecule has 6 heteroatoms. The van der Waals surface area contributed by atoms with Crippen molar-refractivity contribution in [1.82, 2.24) is 4.90 Å². The highest BCUT2D eigenvalue weighted by Crippen LogP contribution is 2.66. The SMILES string of the molecule is O=C([C@@H]1CC12CCC2)N1CCC(Oc2ccc(F)cc2)(C(=O)O)CC1. The maximum atomic E-state index is 13.0. The normalized spacial score (nSPS) is 26.0. The molecule has 0 aromatic heterocycles. The zero-order valence-corrected chi connectivity index (χ0v) is 14.0. The third-order valence-corrected chi connectivity index (χ3v) is 6.24. The molecule has 3 aliphatic rings. The highest BCUT2D eigenvalue weighted by atomic mass is 19.1. The van der Waals surface area contributed by atoms with Gasteiger partial charge in [-0.1, -0.05) is 6.42 Å². The summed E-state index contributed by atoms with van der Waals surface area (Å²) in [6, 6.07) is 5.35. The van der Waals surface area contributed by atoms with E-state index in [0.29, 0.717) is 18.8 Å². The summed E-state index contributed by atoms with van der Waals surface area (Å²) in [6.07, 6.45) is 5.01. The third-order valence-electron chi connectivity index (χ3n) is 6.24. The average molecular weight is 347 g/mol. The molecule has 1 aromatic carbocycles. The molecule has 3 fully saturated rings. The van der Waals surface area contributed by atoms with Gasteiger partial charge in [-0.15, -0.1) is 0 Å². The van der Waals surface area contributed by atoms with Crippen molar-refractivity contribution in [3.05, 3.63) is 30.1 Å². The molecule has 1 N–H and O–H groups in total. The van der Waals surface area contributed by atoms with Gasteiger partial charge in [0, 0.05) is 31.8 Å². The van der Waals surface area contributed by atoms with E-state index in [9.17, 15) is 19.1 Å². The molecule has 2 aliphatic carbocycles. The second-order valence-electron chi connectivity index (χ2n) is 7.65. The maximum Gasteiger partial charge on any atom is 0.348 e. The molecule has 1 heterocycles. The lowest BCUT2D eigenvalue weighted by molar-refractivity contribution is -0.162. The minimum Gasteiger partial charge on any atom is -0.478 e. The smallest absolute Gasteiger partial charge is 0.348 e. The number of benzene rings is 1. The Morgan fingerprint density at radius 2 is 1.76 bits per heavy atom. The van der Waals surface area contributed by atoms with Gasteiger partial charge in [-0.2, -0.15) is 0 Å². The number of rotatable bonds is 4. The van der Waals surface area contributed by atoms with Gasteiger partial charge >= 0.3 is 5.97 Å². The van der Waals surface area contributed by atoms with Crippen molar-refractivity contribution < 1.29 is 23.8 Å². The van der Waals surface area contributed by atoms with Gasteiger partial charge in [0.2, 0.25) is 11.5 Å². The van der Waals surface area contributed by atoms with Crippen LogP contribution in [0.3, 0.4) is 0 Å². The highest BCUT2D eigenvalue weighted by molar-refractivity contribution is 5.84. The van der Waals surface area contributed by atoms with E-state index in [1.807, 2.05) is 0 Å². The van der Waals surface area contributed by atoms with Gasteiger partial charge in [0.05, 0.1) is 0 Å². The van der Waals surface area contributed by atoms with Gasteiger partial charge in [-0.05, 0) is 48.9 Å². The molecule has 2 saturated carbocycles. The number of carbonyl (C=O) groups is 2. The Labute approximate surface area is 145 Å². The predicted octanol–water partition coefficient (Wildman–Crippen LogP) is 2.84. The number of carbonyl (C=O) groups excluding carboxylic acids is 1. The van der Waals surface area contributed by atoms with Crippen LogP contribution in [-0.2, 0) is 9.59 Å². The van der Waals surface area contributed by atoms with E-state index < -0.39 is 17.4 Å². The summed E-state index contributed by atoms with van der Waals surface area (Å²) >= 11 is 0. The molecule has 0 radical (unpaired) electrons. The Balaban J connectivity index is 1.41. The van der Waals surface area contributed by atoms with E-state index in [2.05, 4.69) is 0 Å². The van der Waals surface area contributed by atoms with Crippen LogP contribution in [0.15, 0.2) is 24.3 Å². The van der Waals surface area contributed by atoms with Crippen molar-refractivity contribution in [2.24, 2.45) is 11.3 Å². The second-order valence-corrected chi connectivity index (χ2v) is 7.65. The quantitative estimate of drug-likeness (QED) is 0.909. The second kappa shape index (κ2) is 5.71. The lowest BCUT2D eigenvalue weighted by Crippen LogP contribution is -2.54. The third kappa shape index (κ3) is 2.77. The molecule has 1 saturated heterocycles. The summed E-state index contributed by atoms with van der Waals surface area (Å²) in [5, 5.41) is 9.68. The summed E-state index contributed by atoms with van der Waals surface area (Å²) in [6.45, 7) is 0.776. The number of nitrogens with zero attached hydrogens (tertiary/aromatic N) is 1. The lowest BCUT2D eigenvalue weighted by atomic mass is 9.79. The van der Waals surface area contributed by atoms with Crippen molar-refractivity contribution in [3.8, 4) is 5.75 Å². The van der Waals surface area contributed by atoms with E-state index in [4.69, 9.17) is 4.74 Å². The number of likely N-dealkylation sites (tertiary alicyclic amines) is 1. The molecule has 1 amide bonds. The van der Waals surface area contributed by atoms with Crippen molar-refractivity contribution in [2.75, 3.05) is 13.1 Å². The first-order chi connectivity index (χ1) is 11.9. The monoisotopic (exact) mass is 347 g/mol. The predicted molar refractivity (Wildman–Crippen MR) is 87.6 cm³/mol. The average Bonchev–Trinajstić information content (AvgIpc) is 3.33. The zero-order valence-electron chi connectivity index (χ0n) is 14.0. The summed E-state index contributed by atoms with van der Waals surface area (Å²) < 4.78 is 18.8. The van der Waals surface area contributed by atoms with E-state index >= 15 is 0 Å². The van der Waals surface area contributed by atoms with Gasteiger partial charge < -0.3 is 14.7 Å². The molecule has 1 atom stereocenters. The topological polar surface area (TPSA) is 66.8 Å². The molecule has 4 rings (SSSR count). The Morgan fingerprint density at radius 1 is 1.12 bits per heavy atom. The molecule has 0 bridgehead atoms. The minimum atomic E-state index is -1.35. The van der Waals surface area contributed by atoms with Crippen LogP contribution in [-0.4, -0.2) is 40.6 Å². The molecule has 0 unspecified atom stereocenters. The number of piperidine rings is 1. The van der Waals surface area contributed by atoms with Crippen LogP contribution in [0.1, 0.15) is 38.5 Å². The van der Waals surface area contributed by atoms with Crippen LogP contribution in [0.4, 0.5) is 4.39 Å². The first-order valence-electron chi connectivity index (χ1n) is 8.91. The molecular weight excluding hydrogens is 325 g/mol. The minimum absolute atomic E-state index is 0.150. The molecule has 25 heavy (non-hydrogen) atoms. The number of halogens is 1. The molecule has 1 aromatic rings. The summed E-state index contributed by atoms with van der Waals surface area (Å²) in [4.78, 5) is 26.3. The van der Waals surface area contributed by atoms with E-state index in [1.165, 1.54) is 30.7 Å². The van der Waals surface area contributed by atoms with Crippen LogP contribution in [0, 0.1) is 17.2 Å². The van der Waals surface area contributed by atoms with Gasteiger partial charge in [0.25, 0.3) is 0 Å². The summed E-state index contributed by atoms with van der Waals surface area (Å²) in [5.41, 5.74) is -1.07. The number of hydrogen-bond acceptors (Lipinski definition) is 3. The zero-order chi connectivity index (χ0) is 17.7. The fraction of sp³-hybridized carbons (Fsp3) is 0.579. The van der Waals surface area contributed by atoms with Crippen LogP contribution < -0.4 is 4.74 Å². The fourth-order valence-corrected chi connectivity index (χ4v) is 4.28. The largest absolute Gasteiger partial charge is 0.478 e. The van der Waals surface area contributed by atoms with Crippen LogP contribution in [0.2, 0.25) is 0 Å². The van der Waals surface area contributed by atoms with Crippen molar-refractivity contribution >= 4 is 11.9 Å². The van der Waals surface area contributed by atoms with Gasteiger partial charge in [-0.3, -0.25) is 4.79 Å². The first-order valence-corrected chi connectivity index (χ1v) is 8.91. The van der Waals surface area contributed by atoms with E-state index in [0.717, 1.165) is 19.3 Å². The number of carboxylic acid groups (broad SMARTS) is 1. The van der Waals surface area contributed by atoms with E-state index in [1.54, 1.807) is 4.90 Å². The highest BCUT2D eigenvalue weighted by Gasteiger charge is 2.62. The van der Waals surface area contributed by atoms with Crippen molar-refractivity contribution in [1.29, 1.82) is 0 Å². The van der Waals surface area contributed by atoms with Crippen LogP contribution >= 0.6 is 0 Å². The van der Waals surface area contributed by atoms with E-state index in [-0.39, 0.29) is 30.1 Å². The van der Waals surface area contributed by atoms with Gasteiger partial charge in [0.1, 0.15) is 11.6 Å². The molecule has 5 nitrogen and oxygen atoms in total. The Hall–Kier alpha value is -2.11. The fourth-order valence-electron chi connectivity index (χ4n) is 4.28. The Kier molecular flexibility index (Phi) is 3.74. The molecule has 1 spiro atoms. The Bertz CT molecular complexity index is 690. The maximum absolute atomic E-state index is 13.0. The molecule has 1 aliphatic heterocycles. The van der Waals surface area contributed by atoms with Crippen molar-refractivity contribution in [2.45, 2.75) is 44.1 Å². The lowest BCUT2D eigenvalue weighted by Gasteiger charge is -2.39. The number of hydrogen-bond donors (Lipinski definition) is 1. The number of ether oxygens (including phenoxy) is 1. The Morgan fingerprint density at radius 3 is 2.24 bits per heavy atom. The van der Waals surface area contributed by atoms with Gasteiger partial charge in [-0.25, -0.2) is 9.18 Å².